The molecule has 8 rings (SSSR count). The van der Waals surface area contributed by atoms with Gasteiger partial charge in [0.2, 0.25) is 0 Å². The first-order valence-electron chi connectivity index (χ1n) is 14.2. The van der Waals surface area contributed by atoms with Crippen molar-refractivity contribution in [2.75, 3.05) is 0 Å². The Hall–Kier alpha value is -5.48. The molecule has 0 saturated heterocycles. The molecule has 0 radical (unpaired) electrons. The van der Waals surface area contributed by atoms with E-state index in [1.54, 1.807) is 0 Å². The second-order valence-corrected chi connectivity index (χ2v) is 10.9. The summed E-state index contributed by atoms with van der Waals surface area (Å²) in [5, 5.41) is 2.46. The first-order valence-corrected chi connectivity index (χ1v) is 14.2. The Morgan fingerprint density at radius 1 is 0.381 bits per heavy atom. The molecular weight excluding hydrogens is 512 g/mol. The average Bonchev–Trinajstić information content (AvgIpc) is 3.57. The predicted octanol–water partition coefficient (Wildman–Crippen LogP) is 9.28. The quantitative estimate of drug-likeness (QED) is 0.223. The van der Waals surface area contributed by atoms with E-state index in [1.165, 1.54) is 33.0 Å². The van der Waals surface area contributed by atoms with Crippen molar-refractivity contribution in [3.63, 3.8) is 0 Å². The molecule has 2 aromatic heterocycles. The van der Waals surface area contributed by atoms with Crippen LogP contribution in [0.1, 0.15) is 0 Å². The highest BCUT2D eigenvalue weighted by Gasteiger charge is 2.12. The number of benzene rings is 6. The molecule has 4 nitrogen and oxygen atoms in total. The fourth-order valence-corrected chi connectivity index (χ4v) is 6.04. The van der Waals surface area contributed by atoms with Gasteiger partial charge in [-0.15, -0.1) is 0 Å². The van der Waals surface area contributed by atoms with Gasteiger partial charge in [-0.05, 0) is 69.4 Å². The third-order valence-corrected chi connectivity index (χ3v) is 8.37. The summed E-state index contributed by atoms with van der Waals surface area (Å²) in [6.07, 6.45) is 0. The van der Waals surface area contributed by atoms with Gasteiger partial charge in [0.25, 0.3) is 0 Å². The summed E-state index contributed by atoms with van der Waals surface area (Å²) in [5.41, 5.74) is 11.3. The lowest BCUT2D eigenvalue weighted by molar-refractivity contribution is 0.959. The second-order valence-electron chi connectivity index (χ2n) is 10.9. The molecule has 0 saturated carbocycles. The molecule has 0 spiro atoms. The minimum absolute atomic E-state index is 0.980. The van der Waals surface area contributed by atoms with Crippen LogP contribution in [-0.4, -0.2) is 19.1 Å². The Labute approximate surface area is 244 Å². The van der Waals surface area contributed by atoms with E-state index >= 15 is 0 Å². The van der Waals surface area contributed by atoms with E-state index in [-0.39, 0.29) is 0 Å². The SMILES string of the molecule is Cn1c(-c2ccc(-c3ccc4ccc(-c5ccc(-c6nc7ccccc7n6C)cc5)cc4c3)cc2)nc2ccccc21. The maximum atomic E-state index is 4.86. The summed E-state index contributed by atoms with van der Waals surface area (Å²) in [7, 11) is 4.15. The van der Waals surface area contributed by atoms with Crippen LogP contribution in [0.3, 0.4) is 0 Å². The molecule has 4 heteroatoms. The standard InChI is InChI=1S/C38H28N4/c1-41-35-9-5-3-7-33(35)39-37(41)28-17-11-25(12-18-28)30-21-15-27-16-22-31(24-32(27)23-30)26-13-19-29(20-14-26)38-40-34-8-4-6-10-36(34)42(38)2/h3-24H,1-2H3. The lowest BCUT2D eigenvalue weighted by atomic mass is 9.97. The van der Waals surface area contributed by atoms with E-state index in [1.807, 2.05) is 12.1 Å². The molecule has 200 valence electrons. The van der Waals surface area contributed by atoms with Gasteiger partial charge in [-0.1, -0.05) is 97.1 Å². The third-order valence-electron chi connectivity index (χ3n) is 8.37. The van der Waals surface area contributed by atoms with Gasteiger partial charge >= 0.3 is 0 Å². The number of rotatable bonds is 4. The summed E-state index contributed by atoms with van der Waals surface area (Å²) in [6, 6.07) is 47.4. The van der Waals surface area contributed by atoms with Crippen molar-refractivity contribution in [3.8, 4) is 45.0 Å². The molecule has 6 aromatic carbocycles. The van der Waals surface area contributed by atoms with Gasteiger partial charge in [0.15, 0.2) is 0 Å². The zero-order chi connectivity index (χ0) is 28.2. The van der Waals surface area contributed by atoms with Crippen molar-refractivity contribution in [1.29, 1.82) is 0 Å². The lowest BCUT2D eigenvalue weighted by Gasteiger charge is -2.09. The van der Waals surface area contributed by atoms with Gasteiger partial charge in [0.05, 0.1) is 22.1 Å². The molecule has 0 atom stereocenters. The molecule has 2 heterocycles. The zero-order valence-corrected chi connectivity index (χ0v) is 23.5. The van der Waals surface area contributed by atoms with Gasteiger partial charge in [0.1, 0.15) is 11.6 Å². The predicted molar refractivity (Wildman–Crippen MR) is 174 cm³/mol. The van der Waals surface area contributed by atoms with E-state index in [0.717, 1.165) is 44.8 Å². The maximum Gasteiger partial charge on any atom is 0.140 e. The maximum absolute atomic E-state index is 4.86. The van der Waals surface area contributed by atoms with Gasteiger partial charge in [-0.25, -0.2) is 9.97 Å². The monoisotopic (exact) mass is 540 g/mol. The van der Waals surface area contributed by atoms with Crippen LogP contribution in [0.2, 0.25) is 0 Å². The smallest absolute Gasteiger partial charge is 0.140 e. The number of imidazole rings is 2. The van der Waals surface area contributed by atoms with Crippen LogP contribution in [0.15, 0.2) is 133 Å². The number of hydrogen-bond donors (Lipinski definition) is 0. The van der Waals surface area contributed by atoms with Crippen LogP contribution in [0, 0.1) is 0 Å². The molecule has 8 aromatic rings. The van der Waals surface area contributed by atoms with Crippen LogP contribution in [0.4, 0.5) is 0 Å². The van der Waals surface area contributed by atoms with Crippen LogP contribution in [-0.2, 0) is 14.1 Å². The second kappa shape index (κ2) is 9.57. The fourth-order valence-electron chi connectivity index (χ4n) is 6.04. The molecular formula is C38H28N4. The summed E-state index contributed by atoms with van der Waals surface area (Å²) >= 11 is 0. The molecule has 0 aliphatic carbocycles. The number of hydrogen-bond acceptors (Lipinski definition) is 2. The highest BCUT2D eigenvalue weighted by molar-refractivity contribution is 5.91. The summed E-state index contributed by atoms with van der Waals surface area (Å²) in [4.78, 5) is 9.72. The minimum atomic E-state index is 0.980. The molecule has 0 bridgehead atoms. The Balaban J connectivity index is 1.09. The summed E-state index contributed by atoms with van der Waals surface area (Å²) in [6.45, 7) is 0. The van der Waals surface area contributed by atoms with Crippen molar-refractivity contribution < 1.29 is 0 Å². The Morgan fingerprint density at radius 3 is 1.19 bits per heavy atom. The van der Waals surface area contributed by atoms with Crippen LogP contribution in [0.25, 0.3) is 77.9 Å². The van der Waals surface area contributed by atoms with Gasteiger partial charge in [0, 0.05) is 25.2 Å². The zero-order valence-electron chi connectivity index (χ0n) is 23.5. The molecule has 0 fully saturated rings. The molecule has 0 N–H and O–H groups in total. The molecule has 42 heavy (non-hydrogen) atoms. The lowest BCUT2D eigenvalue weighted by Crippen LogP contribution is -1.92. The minimum Gasteiger partial charge on any atom is -0.327 e. The summed E-state index contributed by atoms with van der Waals surface area (Å²) in [5.74, 6) is 1.96. The molecule has 0 aliphatic heterocycles. The summed E-state index contributed by atoms with van der Waals surface area (Å²) < 4.78 is 4.32. The molecule has 0 amide bonds. The van der Waals surface area contributed by atoms with Crippen molar-refractivity contribution in [2.24, 2.45) is 14.1 Å². The van der Waals surface area contributed by atoms with Crippen molar-refractivity contribution in [2.45, 2.75) is 0 Å². The van der Waals surface area contributed by atoms with Crippen molar-refractivity contribution in [1.82, 2.24) is 19.1 Å². The van der Waals surface area contributed by atoms with Crippen molar-refractivity contribution >= 4 is 32.8 Å². The Kier molecular flexibility index (Phi) is 5.54. The fraction of sp³-hybridized carbons (Fsp3) is 0.0526. The first-order chi connectivity index (χ1) is 20.6. The Bertz CT molecular complexity index is 2090. The first kappa shape index (κ1) is 24.3. The van der Waals surface area contributed by atoms with Crippen molar-refractivity contribution in [3.05, 3.63) is 133 Å². The largest absolute Gasteiger partial charge is 0.327 e. The molecule has 0 aliphatic rings. The number of para-hydroxylation sites is 4. The number of aromatic nitrogens is 4. The number of fused-ring (bicyclic) bond motifs is 3. The van der Waals surface area contributed by atoms with Gasteiger partial charge in [-0.2, -0.15) is 0 Å². The third kappa shape index (κ3) is 4.00. The normalized spacial score (nSPS) is 11.6. The van der Waals surface area contributed by atoms with Crippen LogP contribution in [0.5, 0.6) is 0 Å². The van der Waals surface area contributed by atoms with E-state index in [0.29, 0.717) is 0 Å². The Morgan fingerprint density at radius 2 is 0.762 bits per heavy atom. The highest BCUT2D eigenvalue weighted by Crippen LogP contribution is 2.32. The van der Waals surface area contributed by atoms with Crippen LogP contribution < -0.4 is 0 Å². The molecule has 0 unspecified atom stereocenters. The van der Waals surface area contributed by atoms with Gasteiger partial charge < -0.3 is 9.13 Å². The number of aryl methyl sites for hydroxylation is 2. The van der Waals surface area contributed by atoms with Crippen LogP contribution >= 0.6 is 0 Å². The van der Waals surface area contributed by atoms with Gasteiger partial charge in [-0.3, -0.25) is 0 Å². The average molecular weight is 541 g/mol. The van der Waals surface area contributed by atoms with E-state index in [4.69, 9.17) is 9.97 Å². The van der Waals surface area contributed by atoms with E-state index < -0.39 is 0 Å². The highest BCUT2D eigenvalue weighted by atomic mass is 15.1. The topological polar surface area (TPSA) is 35.6 Å². The van der Waals surface area contributed by atoms with E-state index in [9.17, 15) is 0 Å². The number of nitrogens with zero attached hydrogens (tertiary/aromatic N) is 4. The van der Waals surface area contributed by atoms with E-state index in [2.05, 4.69) is 145 Å².